The lowest BCUT2D eigenvalue weighted by molar-refractivity contribution is 0.294. The zero-order valence-electron chi connectivity index (χ0n) is 21.6. The molecule has 2 bridgehead atoms. The molecule has 5 aromatic rings. The van der Waals surface area contributed by atoms with Gasteiger partial charge in [-0.05, 0) is 48.6 Å². The number of ether oxygens (including phenoxy) is 1. The summed E-state index contributed by atoms with van der Waals surface area (Å²) in [6.45, 7) is 2.16. The summed E-state index contributed by atoms with van der Waals surface area (Å²) in [6.07, 6.45) is 7.82. The number of aryl methyl sites for hydroxylation is 1. The fraction of sp³-hybridized carbons (Fsp3) is 0.333. The molecule has 198 valence electrons. The van der Waals surface area contributed by atoms with Gasteiger partial charge in [0.2, 0.25) is 0 Å². The van der Waals surface area contributed by atoms with E-state index in [4.69, 9.17) is 21.3 Å². The van der Waals surface area contributed by atoms with Gasteiger partial charge in [-0.15, -0.1) is 0 Å². The number of piperidine rings is 1. The first-order chi connectivity index (χ1) is 19.0. The monoisotopic (exact) mass is 542 g/mol. The molecule has 0 radical (unpaired) electrons. The average molecular weight is 543 g/mol. The van der Waals surface area contributed by atoms with E-state index in [-0.39, 0.29) is 17.2 Å². The van der Waals surface area contributed by atoms with Gasteiger partial charge in [0.1, 0.15) is 17.0 Å². The van der Waals surface area contributed by atoms with Crippen LogP contribution in [0.25, 0.3) is 32.9 Å². The number of nitrogens with zero attached hydrogens (tertiary/aromatic N) is 6. The summed E-state index contributed by atoms with van der Waals surface area (Å²) >= 11 is 6.57. The first-order valence-electron chi connectivity index (χ1n) is 13.4. The van der Waals surface area contributed by atoms with Gasteiger partial charge in [0, 0.05) is 60.6 Å². The largest absolute Gasteiger partial charge is 0.463 e. The van der Waals surface area contributed by atoms with Crippen molar-refractivity contribution in [2.24, 2.45) is 18.9 Å². The molecule has 7 nitrogen and oxygen atoms in total. The Hall–Kier alpha value is -3.78. The van der Waals surface area contributed by atoms with E-state index >= 15 is 4.39 Å². The first-order valence-corrected chi connectivity index (χ1v) is 13.8. The maximum absolute atomic E-state index is 16.4. The molecule has 2 aromatic carbocycles. The van der Waals surface area contributed by atoms with E-state index in [1.165, 1.54) is 19.3 Å². The van der Waals surface area contributed by atoms with Crippen LogP contribution in [0.1, 0.15) is 25.0 Å². The Balaban J connectivity index is 1.33. The number of fused-ring (bicyclic) bond motifs is 4. The Morgan fingerprint density at radius 2 is 1.85 bits per heavy atom. The van der Waals surface area contributed by atoms with Gasteiger partial charge in [0.05, 0.1) is 12.0 Å². The maximum Gasteiger partial charge on any atom is 0.319 e. The van der Waals surface area contributed by atoms with E-state index in [0.717, 1.165) is 29.6 Å². The number of aromatic nitrogens is 5. The Labute approximate surface area is 230 Å². The van der Waals surface area contributed by atoms with E-state index < -0.39 is 5.82 Å². The lowest BCUT2D eigenvalue weighted by Crippen LogP contribution is -2.37. The van der Waals surface area contributed by atoms with Gasteiger partial charge in [-0.25, -0.2) is 4.39 Å². The second kappa shape index (κ2) is 9.75. The van der Waals surface area contributed by atoms with Crippen LogP contribution in [-0.2, 0) is 13.5 Å². The van der Waals surface area contributed by atoms with Gasteiger partial charge < -0.3 is 9.64 Å². The molecule has 7 rings (SSSR count). The Kier molecular flexibility index (Phi) is 6.07. The van der Waals surface area contributed by atoms with Gasteiger partial charge in [0.25, 0.3) is 0 Å². The van der Waals surface area contributed by atoms with Crippen molar-refractivity contribution in [3.8, 4) is 17.3 Å². The predicted octanol–water partition coefficient (Wildman–Crippen LogP) is 6.23. The van der Waals surface area contributed by atoms with Gasteiger partial charge >= 0.3 is 6.01 Å². The topological polar surface area (TPSA) is 69.0 Å². The summed E-state index contributed by atoms with van der Waals surface area (Å²) in [5.41, 5.74) is 2.09. The minimum absolute atomic E-state index is 0.171. The van der Waals surface area contributed by atoms with Crippen LogP contribution >= 0.6 is 11.6 Å². The van der Waals surface area contributed by atoms with Gasteiger partial charge in [0.15, 0.2) is 5.82 Å². The molecule has 9 heteroatoms. The van der Waals surface area contributed by atoms with E-state index in [9.17, 15) is 0 Å². The van der Waals surface area contributed by atoms with Gasteiger partial charge in [-0.3, -0.25) is 9.67 Å². The van der Waals surface area contributed by atoms with Crippen molar-refractivity contribution in [3.63, 3.8) is 0 Å². The Morgan fingerprint density at radius 3 is 2.62 bits per heavy atom. The highest BCUT2D eigenvalue weighted by Gasteiger charge is 2.34. The van der Waals surface area contributed by atoms with Crippen LogP contribution in [0.5, 0.6) is 6.01 Å². The highest BCUT2D eigenvalue weighted by Crippen LogP contribution is 2.41. The fourth-order valence-corrected chi connectivity index (χ4v) is 6.57. The van der Waals surface area contributed by atoms with Crippen molar-refractivity contribution >= 4 is 39.1 Å². The normalized spacial score (nSPS) is 18.8. The predicted molar refractivity (Wildman–Crippen MR) is 151 cm³/mol. The SMILES string of the molecule is Cn1nccc1CCOc1nc(N2CC3CCC(C3)C2)c2cnc(-c3cccc4cccc(Cl)c34)c(F)c2n1. The summed E-state index contributed by atoms with van der Waals surface area (Å²) in [7, 11) is 1.90. The molecule has 0 spiro atoms. The third-order valence-corrected chi connectivity index (χ3v) is 8.49. The molecule has 1 saturated carbocycles. The Morgan fingerprint density at radius 1 is 1.05 bits per heavy atom. The number of hydrogen-bond acceptors (Lipinski definition) is 6. The van der Waals surface area contributed by atoms with Gasteiger partial charge in [-0.2, -0.15) is 15.1 Å². The van der Waals surface area contributed by atoms with E-state index in [0.29, 0.717) is 46.7 Å². The zero-order valence-corrected chi connectivity index (χ0v) is 22.4. The quantitative estimate of drug-likeness (QED) is 0.253. The van der Waals surface area contributed by atoms with Crippen molar-refractivity contribution in [2.75, 3.05) is 24.6 Å². The highest BCUT2D eigenvalue weighted by atomic mass is 35.5. The van der Waals surface area contributed by atoms with Crippen LogP contribution in [0.3, 0.4) is 0 Å². The molecule has 0 N–H and O–H groups in total. The number of rotatable bonds is 6. The van der Waals surface area contributed by atoms with Crippen LogP contribution in [0.15, 0.2) is 54.9 Å². The highest BCUT2D eigenvalue weighted by molar-refractivity contribution is 6.36. The number of benzene rings is 2. The Bertz CT molecular complexity index is 1690. The van der Waals surface area contributed by atoms with Crippen molar-refractivity contribution < 1.29 is 9.13 Å². The zero-order chi connectivity index (χ0) is 26.5. The molecule has 1 aliphatic heterocycles. The van der Waals surface area contributed by atoms with Crippen LogP contribution in [-0.4, -0.2) is 44.4 Å². The van der Waals surface area contributed by atoms with Crippen LogP contribution in [0, 0.1) is 17.7 Å². The number of halogens is 2. The van der Waals surface area contributed by atoms with Gasteiger partial charge in [-0.1, -0.05) is 41.9 Å². The summed E-state index contributed by atoms with van der Waals surface area (Å²) in [5, 5.41) is 7.05. The third kappa shape index (κ3) is 4.36. The van der Waals surface area contributed by atoms with E-state index in [1.807, 2.05) is 54.2 Å². The smallest absolute Gasteiger partial charge is 0.319 e. The summed E-state index contributed by atoms with van der Waals surface area (Å²) < 4.78 is 24.3. The minimum Gasteiger partial charge on any atom is -0.463 e. The molecule has 2 atom stereocenters. The number of pyridine rings is 1. The second-order valence-corrected chi connectivity index (χ2v) is 11.1. The second-order valence-electron chi connectivity index (χ2n) is 10.7. The lowest BCUT2D eigenvalue weighted by Gasteiger charge is -2.33. The maximum atomic E-state index is 16.4. The van der Waals surface area contributed by atoms with Crippen molar-refractivity contribution in [3.05, 3.63) is 71.4 Å². The molecule has 1 aliphatic carbocycles. The molecular formula is C30H28ClFN6O. The summed E-state index contributed by atoms with van der Waals surface area (Å²) in [5.74, 6) is 1.47. The first kappa shape index (κ1) is 24.3. The summed E-state index contributed by atoms with van der Waals surface area (Å²) in [4.78, 5) is 16.3. The average Bonchev–Trinajstić information content (AvgIpc) is 3.51. The lowest BCUT2D eigenvalue weighted by atomic mass is 9.98. The van der Waals surface area contributed by atoms with E-state index in [1.54, 1.807) is 12.4 Å². The van der Waals surface area contributed by atoms with Crippen LogP contribution < -0.4 is 9.64 Å². The molecule has 2 unspecified atom stereocenters. The fourth-order valence-electron chi connectivity index (χ4n) is 6.28. The molecule has 4 heterocycles. The molecule has 0 amide bonds. The molecular weight excluding hydrogens is 515 g/mol. The third-order valence-electron chi connectivity index (χ3n) is 8.17. The minimum atomic E-state index is -0.500. The van der Waals surface area contributed by atoms with Crippen molar-refractivity contribution in [1.29, 1.82) is 0 Å². The molecule has 2 fully saturated rings. The van der Waals surface area contributed by atoms with Crippen LogP contribution in [0.4, 0.5) is 10.2 Å². The molecule has 39 heavy (non-hydrogen) atoms. The van der Waals surface area contributed by atoms with Crippen molar-refractivity contribution in [2.45, 2.75) is 25.7 Å². The summed E-state index contributed by atoms with van der Waals surface area (Å²) in [6, 6.07) is 13.5. The molecule has 3 aromatic heterocycles. The standard InChI is InChI=1S/C30H28ClFN6O/c1-37-21(10-12-34-37)11-13-39-30-35-28-23(29(36-30)38-16-18-8-9-19(14-18)17-38)15-33-27(26(28)32)22-6-2-4-20-5-3-7-24(31)25(20)22/h2-7,10,12,15,18-19H,8-9,11,13-14,16-17H2,1H3. The van der Waals surface area contributed by atoms with Crippen LogP contribution in [0.2, 0.25) is 5.02 Å². The number of hydrogen-bond donors (Lipinski definition) is 0. The van der Waals surface area contributed by atoms with E-state index in [2.05, 4.69) is 20.0 Å². The molecule has 2 aliphatic rings. The molecule has 1 saturated heterocycles. The van der Waals surface area contributed by atoms with Crippen molar-refractivity contribution in [1.82, 2.24) is 24.7 Å². The number of anilines is 1.